The molecule has 1 N–H and O–H groups in total. The Balaban J connectivity index is 1.47. The lowest BCUT2D eigenvalue weighted by Crippen LogP contribution is -2.44. The number of carbonyl (C=O) groups excluding carboxylic acids is 1. The summed E-state index contributed by atoms with van der Waals surface area (Å²) in [4.78, 5) is 25.7. The Morgan fingerprint density at radius 3 is 2.49 bits per heavy atom. The van der Waals surface area contributed by atoms with Gasteiger partial charge in [-0.05, 0) is 61.9 Å². The molecule has 1 aliphatic carbocycles. The Labute approximate surface area is 219 Å². The van der Waals surface area contributed by atoms with Crippen molar-refractivity contribution < 1.29 is 22.4 Å². The van der Waals surface area contributed by atoms with Crippen molar-refractivity contribution >= 4 is 38.6 Å². The standard InChI is InChI=1S/C28H24ClNO6S/c1-17-10-12-19(13-11-17)37(33,34)30-24(14-18-6-3-2-4-7-18)28(32)36-26-16-25-22(15-23(26)29)20-8-5-9-21(20)27(31)35-25/h2-4,6-7,10-13,15-16,24,30H,5,8-9,14H2,1H3/t24-/m1/s1. The lowest BCUT2D eigenvalue weighted by Gasteiger charge is -2.19. The van der Waals surface area contributed by atoms with Crippen molar-refractivity contribution in [1.82, 2.24) is 4.72 Å². The van der Waals surface area contributed by atoms with E-state index in [4.69, 9.17) is 20.8 Å². The minimum Gasteiger partial charge on any atom is -0.424 e. The fourth-order valence-corrected chi connectivity index (χ4v) is 5.92. The third-order valence-corrected chi connectivity index (χ3v) is 8.22. The number of nitrogens with one attached hydrogen (secondary N) is 1. The van der Waals surface area contributed by atoms with Crippen LogP contribution in [0.5, 0.6) is 5.75 Å². The molecule has 9 heteroatoms. The predicted molar refractivity (Wildman–Crippen MR) is 141 cm³/mol. The Morgan fingerprint density at radius 2 is 1.76 bits per heavy atom. The summed E-state index contributed by atoms with van der Waals surface area (Å²) in [5, 5.41) is 0.862. The summed E-state index contributed by atoms with van der Waals surface area (Å²) in [6.45, 7) is 1.85. The van der Waals surface area contributed by atoms with Gasteiger partial charge in [-0.15, -0.1) is 0 Å². The molecule has 0 aliphatic heterocycles. The number of ether oxygens (including phenoxy) is 1. The van der Waals surface area contributed by atoms with Gasteiger partial charge in [-0.1, -0.05) is 59.6 Å². The first-order valence-electron chi connectivity index (χ1n) is 11.8. The summed E-state index contributed by atoms with van der Waals surface area (Å²) in [6.07, 6.45) is 2.31. The van der Waals surface area contributed by atoms with Crippen LogP contribution in [0.25, 0.3) is 11.0 Å². The van der Waals surface area contributed by atoms with Crippen LogP contribution in [0.15, 0.2) is 80.8 Å². The molecule has 1 aliphatic rings. The molecule has 37 heavy (non-hydrogen) atoms. The Morgan fingerprint density at radius 1 is 1.05 bits per heavy atom. The van der Waals surface area contributed by atoms with Crippen LogP contribution in [-0.4, -0.2) is 20.4 Å². The molecule has 3 aromatic carbocycles. The van der Waals surface area contributed by atoms with Crippen LogP contribution < -0.4 is 15.1 Å². The zero-order chi connectivity index (χ0) is 26.2. The van der Waals surface area contributed by atoms with Gasteiger partial charge in [0.1, 0.15) is 11.6 Å². The van der Waals surface area contributed by atoms with Gasteiger partial charge in [0, 0.05) is 17.0 Å². The van der Waals surface area contributed by atoms with Gasteiger partial charge < -0.3 is 9.15 Å². The number of hydrogen-bond acceptors (Lipinski definition) is 6. The highest BCUT2D eigenvalue weighted by atomic mass is 35.5. The van der Waals surface area contributed by atoms with E-state index in [2.05, 4.69) is 4.72 Å². The van der Waals surface area contributed by atoms with Crippen LogP contribution in [-0.2, 0) is 34.1 Å². The average Bonchev–Trinajstić information content (AvgIpc) is 3.37. The summed E-state index contributed by atoms with van der Waals surface area (Å²) < 4.78 is 39.7. The zero-order valence-electron chi connectivity index (χ0n) is 20.0. The summed E-state index contributed by atoms with van der Waals surface area (Å²) in [5.74, 6) is -0.864. The van der Waals surface area contributed by atoms with Crippen LogP contribution >= 0.6 is 11.6 Å². The van der Waals surface area contributed by atoms with Crippen LogP contribution in [0, 0.1) is 6.92 Å². The van der Waals surface area contributed by atoms with Gasteiger partial charge in [0.15, 0.2) is 5.75 Å². The molecule has 1 heterocycles. The molecule has 0 unspecified atom stereocenters. The molecule has 4 aromatic rings. The fraction of sp³-hybridized carbons (Fsp3) is 0.214. The van der Waals surface area contributed by atoms with E-state index in [1.165, 1.54) is 18.2 Å². The van der Waals surface area contributed by atoms with Crippen LogP contribution in [0.3, 0.4) is 0 Å². The molecule has 1 atom stereocenters. The summed E-state index contributed by atoms with van der Waals surface area (Å²) in [6, 6.07) is 17.1. The largest absolute Gasteiger partial charge is 0.424 e. The van der Waals surface area contributed by atoms with Crippen molar-refractivity contribution in [2.24, 2.45) is 0 Å². The van der Waals surface area contributed by atoms with Crippen LogP contribution in [0.2, 0.25) is 5.02 Å². The highest BCUT2D eigenvalue weighted by Crippen LogP contribution is 2.35. The summed E-state index contributed by atoms with van der Waals surface area (Å²) >= 11 is 6.46. The van der Waals surface area contributed by atoms with E-state index in [0.29, 0.717) is 17.4 Å². The highest BCUT2D eigenvalue weighted by molar-refractivity contribution is 7.89. The average molecular weight is 538 g/mol. The number of esters is 1. The van der Waals surface area contributed by atoms with E-state index in [-0.39, 0.29) is 27.7 Å². The van der Waals surface area contributed by atoms with Gasteiger partial charge in [-0.25, -0.2) is 18.0 Å². The smallest absolute Gasteiger partial charge is 0.339 e. The maximum Gasteiger partial charge on any atom is 0.339 e. The fourth-order valence-electron chi connectivity index (χ4n) is 4.54. The topological polar surface area (TPSA) is 103 Å². The first-order chi connectivity index (χ1) is 17.7. The normalized spacial score (nSPS) is 13.9. The second kappa shape index (κ2) is 10.1. The zero-order valence-corrected chi connectivity index (χ0v) is 21.6. The van der Waals surface area contributed by atoms with E-state index >= 15 is 0 Å². The molecule has 0 saturated heterocycles. The molecule has 0 spiro atoms. The Kier molecular flexibility index (Phi) is 6.90. The molecule has 0 saturated carbocycles. The Hall–Kier alpha value is -3.46. The minimum atomic E-state index is -4.03. The van der Waals surface area contributed by atoms with E-state index < -0.39 is 27.7 Å². The molecule has 0 amide bonds. The molecule has 7 nitrogen and oxygen atoms in total. The molecule has 1 aromatic heterocycles. The Bertz CT molecular complexity index is 1650. The number of fused-ring (bicyclic) bond motifs is 3. The third-order valence-electron chi connectivity index (χ3n) is 6.43. The number of sulfonamides is 1. The number of benzene rings is 3. The van der Waals surface area contributed by atoms with Crippen molar-refractivity contribution in [3.8, 4) is 5.75 Å². The van der Waals surface area contributed by atoms with E-state index in [9.17, 15) is 18.0 Å². The second-order valence-corrected chi connectivity index (χ2v) is 11.2. The second-order valence-electron chi connectivity index (χ2n) is 9.08. The number of aryl methyl sites for hydroxylation is 2. The maximum absolute atomic E-state index is 13.3. The predicted octanol–water partition coefficient (Wildman–Crippen LogP) is 4.74. The van der Waals surface area contributed by atoms with Crippen molar-refractivity contribution in [2.45, 2.75) is 43.5 Å². The van der Waals surface area contributed by atoms with Crippen LogP contribution in [0.1, 0.15) is 28.7 Å². The molecule has 0 bridgehead atoms. The first kappa shape index (κ1) is 25.2. The lowest BCUT2D eigenvalue weighted by molar-refractivity contribution is -0.136. The van der Waals surface area contributed by atoms with Crippen molar-refractivity contribution in [1.29, 1.82) is 0 Å². The SMILES string of the molecule is Cc1ccc(S(=O)(=O)N[C@H](Cc2ccccc2)C(=O)Oc2cc3oc(=O)c4c(c3cc2Cl)CCC4)cc1. The number of hydrogen-bond donors (Lipinski definition) is 1. The third kappa shape index (κ3) is 5.32. The van der Waals surface area contributed by atoms with Gasteiger partial charge in [0.05, 0.1) is 9.92 Å². The van der Waals surface area contributed by atoms with Crippen molar-refractivity contribution in [3.05, 3.63) is 104 Å². The van der Waals surface area contributed by atoms with Gasteiger partial charge >= 0.3 is 11.6 Å². The molecule has 190 valence electrons. The van der Waals surface area contributed by atoms with Gasteiger partial charge in [0.2, 0.25) is 10.0 Å². The van der Waals surface area contributed by atoms with E-state index in [0.717, 1.165) is 29.5 Å². The summed E-state index contributed by atoms with van der Waals surface area (Å²) in [5.41, 5.74) is 3.05. The maximum atomic E-state index is 13.3. The van der Waals surface area contributed by atoms with E-state index in [1.807, 2.05) is 13.0 Å². The molecule has 0 radical (unpaired) electrons. The van der Waals surface area contributed by atoms with Gasteiger partial charge in [-0.2, -0.15) is 4.72 Å². The first-order valence-corrected chi connectivity index (χ1v) is 13.7. The summed E-state index contributed by atoms with van der Waals surface area (Å²) in [7, 11) is -4.03. The minimum absolute atomic E-state index is 0.0205. The van der Waals surface area contributed by atoms with Crippen molar-refractivity contribution in [3.63, 3.8) is 0 Å². The molecular formula is C28H24ClNO6S. The highest BCUT2D eigenvalue weighted by Gasteiger charge is 2.29. The number of rotatable bonds is 7. The van der Waals surface area contributed by atoms with Gasteiger partial charge in [-0.3, -0.25) is 0 Å². The number of halogens is 1. The van der Waals surface area contributed by atoms with E-state index in [1.54, 1.807) is 42.5 Å². The monoisotopic (exact) mass is 537 g/mol. The molecule has 5 rings (SSSR count). The number of carbonyl (C=O) groups is 1. The van der Waals surface area contributed by atoms with Crippen LogP contribution in [0.4, 0.5) is 0 Å². The lowest BCUT2D eigenvalue weighted by atomic mass is 10.1. The molecule has 0 fully saturated rings. The quantitative estimate of drug-likeness (QED) is 0.207. The molecular weight excluding hydrogens is 514 g/mol. The van der Waals surface area contributed by atoms with Gasteiger partial charge in [0.25, 0.3) is 0 Å². The van der Waals surface area contributed by atoms with Crippen molar-refractivity contribution in [2.75, 3.05) is 0 Å².